The maximum atomic E-state index is 6.67. The van der Waals surface area contributed by atoms with Gasteiger partial charge in [-0.15, -0.1) is 0 Å². The Morgan fingerprint density at radius 1 is 0.475 bits per heavy atom. The molecule has 8 rings (SSSR count). The van der Waals surface area contributed by atoms with Crippen LogP contribution in [0.1, 0.15) is 0 Å². The summed E-state index contributed by atoms with van der Waals surface area (Å²) in [6.45, 7) is -0.139. The van der Waals surface area contributed by atoms with Crippen molar-refractivity contribution in [3.8, 4) is 16.9 Å². The number of fused-ring (bicyclic) bond motifs is 4. The molecule has 0 fully saturated rings. The summed E-state index contributed by atoms with van der Waals surface area (Å²) in [4.78, 5) is 4.67. The van der Waals surface area contributed by atoms with Gasteiger partial charge in [0.25, 0.3) is 0 Å². The molecule has 0 N–H and O–H groups in total. The largest absolute Gasteiger partial charge is 0.551 e. The third-order valence-corrected chi connectivity index (χ3v) is 7.86. The third-order valence-electron chi connectivity index (χ3n) is 7.86. The van der Waals surface area contributed by atoms with Crippen LogP contribution < -0.4 is 25.4 Å². The summed E-state index contributed by atoms with van der Waals surface area (Å²) in [6.07, 6.45) is 0. The molecular formula is C36H25BN2O. The van der Waals surface area contributed by atoms with Crippen LogP contribution in [-0.4, -0.2) is 6.92 Å². The first-order valence-corrected chi connectivity index (χ1v) is 13.7. The lowest BCUT2D eigenvalue weighted by Crippen LogP contribution is -2.56. The molecule has 2 aliphatic rings. The van der Waals surface area contributed by atoms with Gasteiger partial charge in [0.15, 0.2) is 0 Å². The van der Waals surface area contributed by atoms with Crippen LogP contribution in [0.5, 0.6) is 5.75 Å². The lowest BCUT2D eigenvalue weighted by Gasteiger charge is -2.39. The smallest absolute Gasteiger partial charge is 0.431 e. The summed E-state index contributed by atoms with van der Waals surface area (Å²) in [5.74, 6) is 0.937. The first-order valence-electron chi connectivity index (χ1n) is 13.7. The van der Waals surface area contributed by atoms with Crippen LogP contribution in [0.2, 0.25) is 0 Å². The van der Waals surface area contributed by atoms with E-state index in [-0.39, 0.29) is 6.92 Å². The van der Waals surface area contributed by atoms with E-state index in [0.717, 1.165) is 45.4 Å². The van der Waals surface area contributed by atoms with E-state index in [9.17, 15) is 0 Å². The Balaban J connectivity index is 1.27. The van der Waals surface area contributed by atoms with Crippen LogP contribution in [0.25, 0.3) is 11.1 Å². The van der Waals surface area contributed by atoms with Gasteiger partial charge in [-0.1, -0.05) is 84.9 Å². The van der Waals surface area contributed by atoms with Gasteiger partial charge < -0.3 is 14.5 Å². The molecule has 4 heteroatoms. The second-order valence-corrected chi connectivity index (χ2v) is 10.1. The molecule has 0 amide bonds. The summed E-state index contributed by atoms with van der Waals surface area (Å²) in [5, 5.41) is 0. The first kappa shape index (κ1) is 22.7. The van der Waals surface area contributed by atoms with Gasteiger partial charge in [-0.2, -0.15) is 0 Å². The fourth-order valence-electron chi connectivity index (χ4n) is 6.13. The van der Waals surface area contributed by atoms with E-state index >= 15 is 0 Å². The van der Waals surface area contributed by atoms with E-state index in [4.69, 9.17) is 4.65 Å². The maximum absolute atomic E-state index is 6.67. The molecule has 0 atom stereocenters. The summed E-state index contributed by atoms with van der Waals surface area (Å²) in [5.41, 5.74) is 11.6. The average Bonchev–Trinajstić information content (AvgIpc) is 3.03. The van der Waals surface area contributed by atoms with Gasteiger partial charge in [-0.05, 0) is 77.8 Å². The van der Waals surface area contributed by atoms with E-state index in [1.54, 1.807) is 0 Å². The van der Waals surface area contributed by atoms with Gasteiger partial charge in [0.2, 0.25) is 0 Å². The molecule has 3 nitrogen and oxygen atoms in total. The Hall–Kier alpha value is -5.22. The van der Waals surface area contributed by atoms with Gasteiger partial charge in [-0.3, -0.25) is 0 Å². The first-order chi connectivity index (χ1) is 19.9. The van der Waals surface area contributed by atoms with Gasteiger partial charge in [-0.25, -0.2) is 0 Å². The van der Waals surface area contributed by atoms with Gasteiger partial charge in [0.1, 0.15) is 5.75 Å². The molecule has 0 aliphatic carbocycles. The van der Waals surface area contributed by atoms with E-state index in [0.29, 0.717) is 0 Å². The Morgan fingerprint density at radius 3 is 1.80 bits per heavy atom. The van der Waals surface area contributed by atoms with Crippen molar-refractivity contribution in [1.82, 2.24) is 0 Å². The fraction of sp³-hybridized carbons (Fsp3) is 0. The molecule has 6 aromatic rings. The number of para-hydroxylation sites is 4. The molecule has 0 aromatic heterocycles. The molecule has 188 valence electrons. The minimum absolute atomic E-state index is 0.139. The lowest BCUT2D eigenvalue weighted by molar-refractivity contribution is 0.590. The second kappa shape index (κ2) is 9.21. The highest BCUT2D eigenvalue weighted by molar-refractivity contribution is 6.85. The number of hydrogen-bond acceptors (Lipinski definition) is 3. The molecule has 0 radical (unpaired) electrons. The quantitative estimate of drug-likeness (QED) is 0.222. The third kappa shape index (κ3) is 3.54. The van der Waals surface area contributed by atoms with Crippen molar-refractivity contribution in [2.45, 2.75) is 0 Å². The molecule has 40 heavy (non-hydrogen) atoms. The van der Waals surface area contributed by atoms with Gasteiger partial charge in [0, 0.05) is 45.2 Å². The predicted octanol–water partition coefficient (Wildman–Crippen LogP) is 8.10. The summed E-state index contributed by atoms with van der Waals surface area (Å²) in [6, 6.07) is 53.5. The van der Waals surface area contributed by atoms with Crippen molar-refractivity contribution in [3.05, 3.63) is 152 Å². The maximum Gasteiger partial charge on any atom is 0.431 e. The predicted molar refractivity (Wildman–Crippen MR) is 167 cm³/mol. The zero-order valence-corrected chi connectivity index (χ0v) is 21.8. The summed E-state index contributed by atoms with van der Waals surface area (Å²) < 4.78 is 6.67. The topological polar surface area (TPSA) is 15.7 Å². The van der Waals surface area contributed by atoms with Crippen molar-refractivity contribution in [1.29, 1.82) is 0 Å². The molecule has 2 heterocycles. The Morgan fingerprint density at radius 2 is 1.05 bits per heavy atom. The zero-order chi connectivity index (χ0) is 26.5. The monoisotopic (exact) mass is 512 g/mol. The molecule has 2 aliphatic heterocycles. The van der Waals surface area contributed by atoms with Crippen LogP contribution in [0.3, 0.4) is 0 Å². The number of benzene rings is 6. The average molecular weight is 512 g/mol. The molecule has 0 saturated heterocycles. The Kier molecular flexibility index (Phi) is 5.24. The van der Waals surface area contributed by atoms with Crippen LogP contribution >= 0.6 is 0 Å². The van der Waals surface area contributed by atoms with Crippen LogP contribution in [0, 0.1) is 0 Å². The number of rotatable bonds is 4. The van der Waals surface area contributed by atoms with E-state index < -0.39 is 0 Å². The van der Waals surface area contributed by atoms with E-state index in [1.165, 1.54) is 16.5 Å². The minimum Gasteiger partial charge on any atom is -0.551 e. The van der Waals surface area contributed by atoms with Gasteiger partial charge in [0.05, 0.1) is 0 Å². The molecule has 0 saturated carbocycles. The van der Waals surface area contributed by atoms with E-state index in [2.05, 4.69) is 155 Å². The highest BCUT2D eigenvalue weighted by Crippen LogP contribution is 2.43. The zero-order valence-electron chi connectivity index (χ0n) is 21.8. The summed E-state index contributed by atoms with van der Waals surface area (Å²) in [7, 11) is 0. The second-order valence-electron chi connectivity index (χ2n) is 10.1. The molecule has 0 unspecified atom stereocenters. The van der Waals surface area contributed by atoms with E-state index in [1.807, 2.05) is 6.07 Å². The van der Waals surface area contributed by atoms with Crippen molar-refractivity contribution in [2.75, 3.05) is 9.80 Å². The number of anilines is 6. The SMILES string of the molecule is c1ccc(N(c2ccccc2)c2ccc(N3c4ccccc4B4Oc5ccccc5-c5cccc3c54)cc2)cc1. The van der Waals surface area contributed by atoms with Crippen molar-refractivity contribution >= 4 is 52.0 Å². The highest BCUT2D eigenvalue weighted by atomic mass is 16.4. The molecular weight excluding hydrogens is 487 g/mol. The highest BCUT2D eigenvalue weighted by Gasteiger charge is 2.41. The lowest BCUT2D eigenvalue weighted by atomic mass is 9.49. The van der Waals surface area contributed by atoms with Crippen molar-refractivity contribution in [2.24, 2.45) is 0 Å². The number of hydrogen-bond donors (Lipinski definition) is 0. The Labute approximate surface area is 234 Å². The van der Waals surface area contributed by atoms with Gasteiger partial charge >= 0.3 is 6.92 Å². The van der Waals surface area contributed by atoms with Crippen LogP contribution in [0.4, 0.5) is 34.1 Å². The van der Waals surface area contributed by atoms with Crippen LogP contribution in [0.15, 0.2) is 152 Å². The normalized spacial score (nSPS) is 12.6. The fourth-order valence-corrected chi connectivity index (χ4v) is 6.13. The molecule has 0 bridgehead atoms. The summed E-state index contributed by atoms with van der Waals surface area (Å²) >= 11 is 0. The van der Waals surface area contributed by atoms with Crippen molar-refractivity contribution in [3.63, 3.8) is 0 Å². The Bertz CT molecular complexity index is 1800. The van der Waals surface area contributed by atoms with Crippen molar-refractivity contribution < 1.29 is 4.65 Å². The number of nitrogens with zero attached hydrogens (tertiary/aromatic N) is 2. The molecule has 0 spiro atoms. The standard InChI is InChI=1S/C36H25BN2O/c1-3-12-26(13-4-1)38(27-14-5-2-6-15-27)28-22-24-29(25-23-28)39-33-19-9-8-18-32(33)37-36-31(17-11-20-34(36)39)30-16-7-10-21-35(30)40-37/h1-25H. The minimum atomic E-state index is -0.139. The molecule has 6 aromatic carbocycles. The van der Waals surface area contributed by atoms with Crippen LogP contribution in [-0.2, 0) is 0 Å².